The first-order valence-electron chi connectivity index (χ1n) is 10.2. The number of hydrogen-bond donors (Lipinski definition) is 7. The van der Waals surface area contributed by atoms with E-state index in [2.05, 4.69) is 16.0 Å². The highest BCUT2D eigenvalue weighted by atomic mass is 16.4. The predicted molar refractivity (Wildman–Crippen MR) is 115 cm³/mol. The maximum Gasteiger partial charge on any atom is 0.328 e. The number of hydrogen-bond acceptors (Lipinski definition) is 7. The van der Waals surface area contributed by atoms with Crippen LogP contribution >= 0.6 is 0 Å². The molecule has 0 aliphatic carbocycles. The lowest BCUT2D eigenvalue weighted by Gasteiger charge is -2.25. The highest BCUT2D eigenvalue weighted by Gasteiger charge is 2.30. The fraction of sp³-hybridized carbons (Fsp3) is 0.524. The summed E-state index contributed by atoms with van der Waals surface area (Å²) in [4.78, 5) is 48.9. The second-order valence-electron chi connectivity index (χ2n) is 7.99. The third kappa shape index (κ3) is 8.90. The van der Waals surface area contributed by atoms with Gasteiger partial charge in [-0.05, 0) is 37.0 Å². The first kappa shape index (κ1) is 26.9. The van der Waals surface area contributed by atoms with Gasteiger partial charge in [-0.25, -0.2) is 4.79 Å². The van der Waals surface area contributed by atoms with Crippen LogP contribution in [0.25, 0.3) is 0 Å². The third-order valence-electron chi connectivity index (χ3n) is 4.56. The van der Waals surface area contributed by atoms with Gasteiger partial charge in [-0.15, -0.1) is 0 Å². The van der Waals surface area contributed by atoms with Crippen LogP contribution in [0.5, 0.6) is 5.75 Å². The van der Waals surface area contributed by atoms with E-state index in [0.29, 0.717) is 5.56 Å². The molecular weight excluding hydrogens is 420 g/mol. The Morgan fingerprint density at radius 1 is 0.875 bits per heavy atom. The molecule has 0 saturated carbocycles. The normalized spacial score (nSPS) is 14.7. The molecular formula is C21H32N4O7. The average molecular weight is 453 g/mol. The Morgan fingerprint density at radius 2 is 1.38 bits per heavy atom. The lowest BCUT2D eigenvalue weighted by atomic mass is 10.0. The van der Waals surface area contributed by atoms with Crippen LogP contribution in [0.3, 0.4) is 0 Å². The molecule has 178 valence electrons. The van der Waals surface area contributed by atoms with Crippen LogP contribution in [0.1, 0.15) is 32.8 Å². The Labute approximate surface area is 186 Å². The van der Waals surface area contributed by atoms with Crippen molar-refractivity contribution in [2.75, 3.05) is 6.61 Å². The quantitative estimate of drug-likeness (QED) is 0.207. The molecule has 4 unspecified atom stereocenters. The Bertz CT molecular complexity index is 796. The van der Waals surface area contributed by atoms with Crippen LogP contribution < -0.4 is 21.7 Å². The average Bonchev–Trinajstić information content (AvgIpc) is 2.71. The van der Waals surface area contributed by atoms with Crippen molar-refractivity contribution < 1.29 is 34.5 Å². The SMILES string of the molecule is CC(C)CC(NC(=O)C(C)N)C(=O)NC(Cc1ccc(O)cc1)C(=O)NC(CO)C(=O)O. The van der Waals surface area contributed by atoms with Gasteiger partial charge in [-0.1, -0.05) is 26.0 Å². The molecule has 0 fully saturated rings. The number of carbonyl (C=O) groups is 4. The summed E-state index contributed by atoms with van der Waals surface area (Å²) in [6.07, 6.45) is 0.261. The molecule has 8 N–H and O–H groups in total. The highest BCUT2D eigenvalue weighted by molar-refractivity contribution is 5.94. The molecule has 32 heavy (non-hydrogen) atoms. The molecule has 0 saturated heterocycles. The molecule has 0 spiro atoms. The number of aliphatic hydroxyl groups is 1. The number of aromatic hydroxyl groups is 1. The Kier molecular flexibility index (Phi) is 10.6. The van der Waals surface area contributed by atoms with Crippen LogP contribution in [-0.4, -0.2) is 69.8 Å². The number of carboxylic acids is 1. The van der Waals surface area contributed by atoms with E-state index in [1.165, 1.54) is 19.1 Å². The van der Waals surface area contributed by atoms with Crippen molar-refractivity contribution in [2.24, 2.45) is 11.7 Å². The molecule has 0 heterocycles. The second-order valence-corrected chi connectivity index (χ2v) is 7.99. The molecule has 0 radical (unpaired) electrons. The number of rotatable bonds is 12. The van der Waals surface area contributed by atoms with Crippen molar-refractivity contribution >= 4 is 23.7 Å². The van der Waals surface area contributed by atoms with E-state index in [0.717, 1.165) is 0 Å². The van der Waals surface area contributed by atoms with Crippen molar-refractivity contribution in [3.8, 4) is 5.75 Å². The van der Waals surface area contributed by atoms with E-state index in [4.69, 9.17) is 10.8 Å². The highest BCUT2D eigenvalue weighted by Crippen LogP contribution is 2.12. The second kappa shape index (κ2) is 12.6. The van der Waals surface area contributed by atoms with Crippen molar-refractivity contribution in [1.82, 2.24) is 16.0 Å². The summed E-state index contributed by atoms with van der Waals surface area (Å²) in [5, 5.41) is 35.0. The fourth-order valence-electron chi connectivity index (χ4n) is 2.81. The molecule has 0 aliphatic heterocycles. The fourth-order valence-corrected chi connectivity index (χ4v) is 2.81. The number of benzene rings is 1. The summed E-state index contributed by atoms with van der Waals surface area (Å²) in [6.45, 7) is 4.36. The number of nitrogens with one attached hydrogen (secondary N) is 3. The minimum Gasteiger partial charge on any atom is -0.508 e. The van der Waals surface area contributed by atoms with Crippen LogP contribution in [0.4, 0.5) is 0 Å². The van der Waals surface area contributed by atoms with Crippen molar-refractivity contribution in [2.45, 2.75) is 57.8 Å². The zero-order valence-electron chi connectivity index (χ0n) is 18.4. The van der Waals surface area contributed by atoms with E-state index >= 15 is 0 Å². The number of carbonyl (C=O) groups excluding carboxylic acids is 3. The molecule has 11 nitrogen and oxygen atoms in total. The predicted octanol–water partition coefficient (Wildman–Crippen LogP) is -1.14. The number of aliphatic carboxylic acids is 1. The molecule has 3 amide bonds. The number of phenols is 1. The smallest absolute Gasteiger partial charge is 0.328 e. The monoisotopic (exact) mass is 452 g/mol. The van der Waals surface area contributed by atoms with Gasteiger partial charge in [0.15, 0.2) is 0 Å². The number of carboxylic acid groups (broad SMARTS) is 1. The van der Waals surface area contributed by atoms with E-state index in [9.17, 15) is 29.4 Å². The van der Waals surface area contributed by atoms with Gasteiger partial charge in [-0.2, -0.15) is 0 Å². The largest absolute Gasteiger partial charge is 0.508 e. The molecule has 11 heteroatoms. The Morgan fingerprint density at radius 3 is 1.84 bits per heavy atom. The van der Waals surface area contributed by atoms with Gasteiger partial charge < -0.3 is 37.0 Å². The zero-order valence-corrected chi connectivity index (χ0v) is 18.4. The maximum absolute atomic E-state index is 12.9. The number of nitrogens with two attached hydrogens (primary N) is 1. The van der Waals surface area contributed by atoms with Crippen LogP contribution in [-0.2, 0) is 25.6 Å². The Balaban J connectivity index is 3.10. The molecule has 0 aliphatic rings. The summed E-state index contributed by atoms with van der Waals surface area (Å²) in [6, 6.07) is 1.35. The summed E-state index contributed by atoms with van der Waals surface area (Å²) in [7, 11) is 0. The summed E-state index contributed by atoms with van der Waals surface area (Å²) in [5.74, 6) is -3.37. The summed E-state index contributed by atoms with van der Waals surface area (Å²) >= 11 is 0. The first-order chi connectivity index (χ1) is 14.9. The van der Waals surface area contributed by atoms with Gasteiger partial charge in [0.05, 0.1) is 12.6 Å². The van der Waals surface area contributed by atoms with Gasteiger partial charge in [0.25, 0.3) is 0 Å². The molecule has 1 rings (SSSR count). The van der Waals surface area contributed by atoms with E-state index in [1.54, 1.807) is 12.1 Å². The number of amides is 3. The number of aliphatic hydroxyl groups excluding tert-OH is 1. The minimum atomic E-state index is -1.55. The molecule has 4 atom stereocenters. The standard InChI is InChI=1S/C21H32N4O7/c1-11(2)8-15(23-18(28)12(3)22)19(29)24-16(9-13-4-6-14(27)7-5-13)20(30)25-17(10-26)21(31)32/h4-7,11-12,15-17,26-27H,8-10,22H2,1-3H3,(H,23,28)(H,24,29)(H,25,30)(H,31,32). The van der Waals surface area contributed by atoms with Gasteiger partial charge >= 0.3 is 5.97 Å². The van der Waals surface area contributed by atoms with Crippen LogP contribution in [0, 0.1) is 5.92 Å². The van der Waals surface area contributed by atoms with E-state index < -0.39 is 54.5 Å². The van der Waals surface area contributed by atoms with Crippen molar-refractivity contribution in [3.05, 3.63) is 29.8 Å². The third-order valence-corrected chi connectivity index (χ3v) is 4.56. The van der Waals surface area contributed by atoms with Crippen LogP contribution in [0.15, 0.2) is 24.3 Å². The first-order valence-corrected chi connectivity index (χ1v) is 10.2. The molecule has 1 aromatic carbocycles. The van der Waals surface area contributed by atoms with Gasteiger partial charge in [0.1, 0.15) is 23.9 Å². The Hall–Kier alpha value is -3.18. The van der Waals surface area contributed by atoms with E-state index in [-0.39, 0.29) is 24.5 Å². The summed E-state index contributed by atoms with van der Waals surface area (Å²) < 4.78 is 0. The number of phenolic OH excluding ortho intramolecular Hbond substituents is 1. The maximum atomic E-state index is 12.9. The van der Waals surface area contributed by atoms with Gasteiger partial charge in [0, 0.05) is 6.42 Å². The topological polar surface area (TPSA) is 191 Å². The van der Waals surface area contributed by atoms with Gasteiger partial charge in [0.2, 0.25) is 17.7 Å². The molecule has 1 aromatic rings. The molecule has 0 aromatic heterocycles. The summed E-state index contributed by atoms with van der Waals surface area (Å²) in [5.41, 5.74) is 6.15. The lowest BCUT2D eigenvalue weighted by molar-refractivity contribution is -0.143. The molecule has 0 bridgehead atoms. The minimum absolute atomic E-state index is 0.0145. The van der Waals surface area contributed by atoms with Crippen LogP contribution in [0.2, 0.25) is 0 Å². The van der Waals surface area contributed by atoms with Crippen molar-refractivity contribution in [3.63, 3.8) is 0 Å². The van der Waals surface area contributed by atoms with E-state index in [1.807, 2.05) is 13.8 Å². The zero-order chi connectivity index (χ0) is 24.4. The van der Waals surface area contributed by atoms with Gasteiger partial charge in [-0.3, -0.25) is 14.4 Å². The lowest BCUT2D eigenvalue weighted by Crippen LogP contribution is -2.58. The van der Waals surface area contributed by atoms with Crippen molar-refractivity contribution in [1.29, 1.82) is 0 Å².